The van der Waals surface area contributed by atoms with E-state index in [0.29, 0.717) is 5.82 Å². The van der Waals surface area contributed by atoms with E-state index >= 15 is 0 Å². The standard InChI is InChI=1S/C14H16N2O/c1-14(2,3)11-7-6-10-16(13(11)17)12-8-4-5-9-15-12/h4-10H,1-3H3. The molecule has 0 aromatic carbocycles. The zero-order valence-corrected chi connectivity index (χ0v) is 10.3. The molecule has 0 unspecified atom stereocenters. The number of nitrogens with zero attached hydrogens (tertiary/aromatic N) is 2. The van der Waals surface area contributed by atoms with E-state index in [2.05, 4.69) is 4.98 Å². The zero-order valence-electron chi connectivity index (χ0n) is 10.3. The van der Waals surface area contributed by atoms with Crippen LogP contribution in [0, 0.1) is 0 Å². The molecule has 0 saturated heterocycles. The third-order valence-corrected chi connectivity index (χ3v) is 2.65. The van der Waals surface area contributed by atoms with Gasteiger partial charge in [0.25, 0.3) is 5.56 Å². The fraction of sp³-hybridized carbons (Fsp3) is 0.286. The van der Waals surface area contributed by atoms with Crippen LogP contribution in [-0.4, -0.2) is 9.55 Å². The van der Waals surface area contributed by atoms with E-state index in [1.165, 1.54) is 0 Å². The van der Waals surface area contributed by atoms with Crippen molar-refractivity contribution in [1.82, 2.24) is 9.55 Å². The lowest BCUT2D eigenvalue weighted by Crippen LogP contribution is -2.29. The number of aromatic nitrogens is 2. The van der Waals surface area contributed by atoms with E-state index in [1.807, 2.05) is 51.1 Å². The highest BCUT2D eigenvalue weighted by Gasteiger charge is 2.18. The average molecular weight is 228 g/mol. The Balaban J connectivity index is 2.63. The molecular weight excluding hydrogens is 212 g/mol. The van der Waals surface area contributed by atoms with E-state index in [4.69, 9.17) is 0 Å². The van der Waals surface area contributed by atoms with Crippen molar-refractivity contribution in [1.29, 1.82) is 0 Å². The second-order valence-electron chi connectivity index (χ2n) is 5.03. The molecule has 0 aliphatic heterocycles. The molecule has 0 saturated carbocycles. The van der Waals surface area contributed by atoms with Gasteiger partial charge in [-0.1, -0.05) is 32.9 Å². The van der Waals surface area contributed by atoms with E-state index in [9.17, 15) is 4.79 Å². The van der Waals surface area contributed by atoms with Crippen LogP contribution in [0.4, 0.5) is 0 Å². The molecule has 0 radical (unpaired) electrons. The molecule has 0 fully saturated rings. The molecule has 2 aromatic rings. The monoisotopic (exact) mass is 228 g/mol. The minimum absolute atomic E-state index is 0.00120. The summed E-state index contributed by atoms with van der Waals surface area (Å²) in [5.41, 5.74) is 0.638. The van der Waals surface area contributed by atoms with Crippen LogP contribution in [0.25, 0.3) is 5.82 Å². The normalized spacial score (nSPS) is 11.5. The van der Waals surface area contributed by atoms with Crippen LogP contribution in [-0.2, 0) is 5.41 Å². The van der Waals surface area contributed by atoms with Gasteiger partial charge >= 0.3 is 0 Å². The summed E-state index contributed by atoms with van der Waals surface area (Å²) in [6.07, 6.45) is 3.44. The van der Waals surface area contributed by atoms with Gasteiger partial charge in [-0.3, -0.25) is 9.36 Å². The lowest BCUT2D eigenvalue weighted by molar-refractivity contribution is 0.577. The predicted octanol–water partition coefficient (Wildman–Crippen LogP) is 2.53. The van der Waals surface area contributed by atoms with Crippen LogP contribution in [0.15, 0.2) is 47.5 Å². The Morgan fingerprint density at radius 1 is 1.12 bits per heavy atom. The van der Waals surface area contributed by atoms with Gasteiger partial charge in [0.15, 0.2) is 0 Å². The molecule has 3 nitrogen and oxygen atoms in total. The first-order valence-electron chi connectivity index (χ1n) is 5.64. The highest BCUT2D eigenvalue weighted by molar-refractivity contribution is 5.27. The van der Waals surface area contributed by atoms with Crippen molar-refractivity contribution in [3.63, 3.8) is 0 Å². The molecule has 2 heterocycles. The summed E-state index contributed by atoms with van der Waals surface area (Å²) in [6.45, 7) is 6.10. The smallest absolute Gasteiger partial charge is 0.259 e. The number of rotatable bonds is 1. The quantitative estimate of drug-likeness (QED) is 0.751. The maximum Gasteiger partial charge on any atom is 0.259 e. The molecule has 0 bridgehead atoms. The summed E-state index contributed by atoms with van der Waals surface area (Å²) in [6, 6.07) is 9.30. The maximum atomic E-state index is 12.3. The summed E-state index contributed by atoms with van der Waals surface area (Å²) < 4.78 is 1.58. The molecule has 3 heteroatoms. The Morgan fingerprint density at radius 2 is 1.88 bits per heavy atom. The third kappa shape index (κ3) is 2.28. The van der Waals surface area contributed by atoms with E-state index < -0.39 is 0 Å². The highest BCUT2D eigenvalue weighted by Crippen LogP contribution is 2.18. The first kappa shape index (κ1) is 11.6. The first-order valence-corrected chi connectivity index (χ1v) is 5.64. The topological polar surface area (TPSA) is 34.9 Å². The second-order valence-corrected chi connectivity index (χ2v) is 5.03. The van der Waals surface area contributed by atoms with Gasteiger partial charge in [-0.05, 0) is 23.6 Å². The van der Waals surface area contributed by atoms with Gasteiger partial charge in [0, 0.05) is 18.0 Å². The lowest BCUT2D eigenvalue weighted by atomic mass is 9.88. The summed E-state index contributed by atoms with van der Waals surface area (Å²) in [4.78, 5) is 16.5. The molecule has 0 N–H and O–H groups in total. The number of hydrogen-bond donors (Lipinski definition) is 0. The van der Waals surface area contributed by atoms with E-state index in [0.717, 1.165) is 5.56 Å². The minimum atomic E-state index is -0.158. The highest BCUT2D eigenvalue weighted by atomic mass is 16.1. The first-order chi connectivity index (χ1) is 8.00. The van der Waals surface area contributed by atoms with Crippen LogP contribution in [0.2, 0.25) is 0 Å². The molecule has 0 atom stereocenters. The summed E-state index contributed by atoms with van der Waals surface area (Å²) in [7, 11) is 0. The molecule has 0 amide bonds. The molecule has 2 rings (SSSR count). The Hall–Kier alpha value is -1.90. The SMILES string of the molecule is CC(C)(C)c1cccn(-c2ccccn2)c1=O. The lowest BCUT2D eigenvalue weighted by Gasteiger charge is -2.18. The van der Waals surface area contributed by atoms with Gasteiger partial charge in [-0.2, -0.15) is 0 Å². The zero-order chi connectivity index (χ0) is 12.5. The van der Waals surface area contributed by atoms with Crippen LogP contribution >= 0.6 is 0 Å². The van der Waals surface area contributed by atoms with Crippen molar-refractivity contribution in [2.75, 3.05) is 0 Å². The van der Waals surface area contributed by atoms with Gasteiger partial charge in [-0.15, -0.1) is 0 Å². The Kier molecular flexibility index (Phi) is 2.84. The van der Waals surface area contributed by atoms with Gasteiger partial charge in [0.05, 0.1) is 0 Å². The minimum Gasteiger partial charge on any atom is -0.269 e. The molecule has 17 heavy (non-hydrogen) atoms. The molecular formula is C14H16N2O. The molecule has 0 aliphatic rings. The molecule has 88 valence electrons. The average Bonchev–Trinajstić information content (AvgIpc) is 2.29. The predicted molar refractivity (Wildman–Crippen MR) is 68.5 cm³/mol. The van der Waals surface area contributed by atoms with Crippen LogP contribution < -0.4 is 5.56 Å². The molecule has 2 aromatic heterocycles. The van der Waals surface area contributed by atoms with Crippen LogP contribution in [0.5, 0.6) is 0 Å². The Labute approximate surface area is 101 Å². The fourth-order valence-electron chi connectivity index (χ4n) is 1.74. The number of hydrogen-bond acceptors (Lipinski definition) is 2. The fourth-order valence-corrected chi connectivity index (χ4v) is 1.74. The van der Waals surface area contributed by atoms with Crippen molar-refractivity contribution in [3.8, 4) is 5.82 Å². The van der Waals surface area contributed by atoms with Crippen LogP contribution in [0.3, 0.4) is 0 Å². The van der Waals surface area contributed by atoms with E-state index in [1.54, 1.807) is 17.0 Å². The largest absolute Gasteiger partial charge is 0.269 e. The van der Waals surface area contributed by atoms with Crippen molar-refractivity contribution >= 4 is 0 Å². The van der Waals surface area contributed by atoms with Gasteiger partial charge in [-0.25, -0.2) is 4.98 Å². The Bertz CT molecular complexity index is 565. The third-order valence-electron chi connectivity index (χ3n) is 2.65. The maximum absolute atomic E-state index is 12.3. The van der Waals surface area contributed by atoms with Gasteiger partial charge in [0.1, 0.15) is 5.82 Å². The summed E-state index contributed by atoms with van der Waals surface area (Å²) in [5.74, 6) is 0.656. The van der Waals surface area contributed by atoms with Crippen molar-refractivity contribution in [3.05, 3.63) is 58.6 Å². The van der Waals surface area contributed by atoms with Crippen molar-refractivity contribution in [2.45, 2.75) is 26.2 Å². The summed E-state index contributed by atoms with van der Waals surface area (Å²) >= 11 is 0. The molecule has 0 aliphatic carbocycles. The number of pyridine rings is 2. The van der Waals surface area contributed by atoms with Gasteiger partial charge in [0.2, 0.25) is 0 Å². The molecule has 0 spiro atoms. The van der Waals surface area contributed by atoms with Crippen molar-refractivity contribution in [2.24, 2.45) is 0 Å². The van der Waals surface area contributed by atoms with Crippen molar-refractivity contribution < 1.29 is 0 Å². The van der Waals surface area contributed by atoms with Gasteiger partial charge < -0.3 is 0 Å². The Morgan fingerprint density at radius 3 is 2.47 bits per heavy atom. The van der Waals surface area contributed by atoms with Crippen LogP contribution in [0.1, 0.15) is 26.3 Å². The van der Waals surface area contributed by atoms with E-state index in [-0.39, 0.29) is 11.0 Å². The second kappa shape index (κ2) is 4.17. The summed E-state index contributed by atoms with van der Waals surface area (Å²) in [5, 5.41) is 0.